The average molecular weight is 346 g/mol. The molecule has 0 aromatic heterocycles. The van der Waals surface area contributed by atoms with E-state index in [4.69, 9.17) is 9.47 Å². The molecule has 2 rings (SSSR count). The lowest BCUT2D eigenvalue weighted by atomic mass is 10.2. The third-order valence-corrected chi connectivity index (χ3v) is 3.28. The molecule has 0 aliphatic heterocycles. The average Bonchev–Trinajstić information content (AvgIpc) is 2.67. The van der Waals surface area contributed by atoms with Gasteiger partial charge in [0.2, 0.25) is 0 Å². The maximum atomic E-state index is 11.5. The highest BCUT2D eigenvalue weighted by molar-refractivity contribution is 5.72. The number of hydrogen-bond acceptors (Lipinski definition) is 4. The van der Waals surface area contributed by atoms with Crippen LogP contribution in [0.5, 0.6) is 0 Å². The van der Waals surface area contributed by atoms with Crippen molar-refractivity contribution in [3.05, 3.63) is 71.8 Å². The Hall–Kier alpha value is -3.50. The number of carbonyl (C=O) groups is 2. The lowest BCUT2D eigenvalue weighted by molar-refractivity contribution is -0.139. The second kappa shape index (κ2) is 11.1. The molecule has 4 nitrogen and oxygen atoms in total. The van der Waals surface area contributed by atoms with Gasteiger partial charge in [-0.3, -0.25) is 9.59 Å². The number of carbonyl (C=O) groups excluding carboxylic acids is 2. The normalized spacial score (nSPS) is 9.08. The van der Waals surface area contributed by atoms with Crippen molar-refractivity contribution in [2.75, 3.05) is 0 Å². The van der Waals surface area contributed by atoms with Crippen molar-refractivity contribution in [3.8, 4) is 24.1 Å². The fraction of sp³-hybridized carbons (Fsp3) is 0.182. The summed E-state index contributed by atoms with van der Waals surface area (Å²) in [4.78, 5) is 23.1. The summed E-state index contributed by atoms with van der Waals surface area (Å²) in [6, 6.07) is 18.5. The fourth-order valence-electron chi connectivity index (χ4n) is 1.97. The molecule has 0 radical (unpaired) electrons. The van der Waals surface area contributed by atoms with Crippen molar-refractivity contribution in [2.24, 2.45) is 0 Å². The van der Waals surface area contributed by atoms with Gasteiger partial charge in [-0.1, -0.05) is 36.4 Å². The van der Waals surface area contributed by atoms with E-state index in [1.807, 2.05) is 60.7 Å². The van der Waals surface area contributed by atoms with Crippen molar-refractivity contribution < 1.29 is 19.1 Å². The molecular formula is C22H18O4. The largest absolute Gasteiger partial charge is 0.372 e. The van der Waals surface area contributed by atoms with E-state index in [-0.39, 0.29) is 12.8 Å². The minimum absolute atomic E-state index is 0.201. The maximum absolute atomic E-state index is 11.5. The van der Waals surface area contributed by atoms with Crippen LogP contribution in [0.25, 0.3) is 0 Å². The van der Waals surface area contributed by atoms with Crippen molar-refractivity contribution in [1.82, 2.24) is 0 Å². The number of ether oxygens (including phenoxy) is 2. The van der Waals surface area contributed by atoms with Gasteiger partial charge in [-0.2, -0.15) is 0 Å². The Morgan fingerprint density at radius 1 is 0.654 bits per heavy atom. The molecule has 0 N–H and O–H groups in total. The van der Waals surface area contributed by atoms with Crippen LogP contribution >= 0.6 is 0 Å². The Morgan fingerprint density at radius 3 is 1.42 bits per heavy atom. The quantitative estimate of drug-likeness (QED) is 0.471. The van der Waals surface area contributed by atoms with Gasteiger partial charge in [-0.15, -0.1) is 0 Å². The number of benzene rings is 2. The summed E-state index contributed by atoms with van der Waals surface area (Å²) in [5, 5.41) is 0. The van der Waals surface area contributed by atoms with Gasteiger partial charge in [0.05, 0.1) is 0 Å². The van der Waals surface area contributed by atoms with Crippen LogP contribution in [0.15, 0.2) is 60.7 Å². The second-order valence-corrected chi connectivity index (χ2v) is 5.34. The molecule has 0 unspecified atom stereocenters. The first-order valence-corrected chi connectivity index (χ1v) is 8.25. The molecule has 0 bridgehead atoms. The first-order valence-electron chi connectivity index (χ1n) is 8.25. The van der Waals surface area contributed by atoms with Gasteiger partial charge in [0.15, 0.2) is 0 Å². The third-order valence-electron chi connectivity index (χ3n) is 3.28. The van der Waals surface area contributed by atoms with Gasteiger partial charge >= 0.3 is 11.9 Å². The Labute approximate surface area is 153 Å². The predicted molar refractivity (Wildman–Crippen MR) is 97.3 cm³/mol. The Morgan fingerprint density at radius 2 is 1.04 bits per heavy atom. The molecule has 0 spiro atoms. The summed E-state index contributed by atoms with van der Waals surface area (Å²) >= 11 is 0. The summed E-state index contributed by atoms with van der Waals surface area (Å²) in [5.41, 5.74) is 1.55. The fourth-order valence-corrected chi connectivity index (χ4v) is 1.97. The van der Waals surface area contributed by atoms with Crippen molar-refractivity contribution in [2.45, 2.75) is 25.7 Å². The van der Waals surface area contributed by atoms with Gasteiger partial charge in [0.25, 0.3) is 0 Å². The smallest absolute Gasteiger partial charge is 0.319 e. The molecule has 0 aliphatic rings. The molecule has 4 heteroatoms. The highest BCUT2D eigenvalue weighted by Gasteiger charge is 2.05. The Bertz CT molecular complexity index is 760. The highest BCUT2D eigenvalue weighted by Crippen LogP contribution is 2.03. The molecule has 0 heterocycles. The standard InChI is InChI=1S/C22H18O4/c23-21(25-17-15-19-9-3-1-4-10-19)13-7-8-14-22(24)26-18-16-20-11-5-2-6-12-20/h1-6,9-12H,7-8,13-14H2. The van der Waals surface area contributed by atoms with Gasteiger partial charge in [0, 0.05) is 24.0 Å². The molecule has 130 valence electrons. The number of rotatable bonds is 5. The molecule has 0 saturated carbocycles. The summed E-state index contributed by atoms with van der Waals surface area (Å²) < 4.78 is 9.66. The molecular weight excluding hydrogens is 328 g/mol. The van der Waals surface area contributed by atoms with Gasteiger partial charge in [-0.25, -0.2) is 0 Å². The van der Waals surface area contributed by atoms with Crippen molar-refractivity contribution >= 4 is 11.9 Å². The van der Waals surface area contributed by atoms with E-state index in [0.717, 1.165) is 11.1 Å². The lowest BCUT2D eigenvalue weighted by Crippen LogP contribution is -2.02. The summed E-state index contributed by atoms with van der Waals surface area (Å²) in [6.07, 6.45) is 6.21. The van der Waals surface area contributed by atoms with E-state index < -0.39 is 11.9 Å². The minimum Gasteiger partial charge on any atom is -0.372 e. The van der Waals surface area contributed by atoms with Gasteiger partial charge in [0.1, 0.15) is 12.2 Å². The van der Waals surface area contributed by atoms with Crippen LogP contribution in [-0.2, 0) is 19.1 Å². The van der Waals surface area contributed by atoms with Crippen LogP contribution in [0.1, 0.15) is 36.8 Å². The zero-order valence-corrected chi connectivity index (χ0v) is 14.2. The third kappa shape index (κ3) is 7.86. The summed E-state index contributed by atoms with van der Waals surface area (Å²) in [6.45, 7) is 0. The van der Waals surface area contributed by atoms with Crippen LogP contribution in [0.3, 0.4) is 0 Å². The Balaban J connectivity index is 1.58. The zero-order chi connectivity index (χ0) is 18.5. The van der Waals surface area contributed by atoms with E-state index in [0.29, 0.717) is 12.8 Å². The van der Waals surface area contributed by atoms with E-state index >= 15 is 0 Å². The lowest BCUT2D eigenvalue weighted by Gasteiger charge is -1.98. The first kappa shape index (κ1) is 18.8. The molecule has 0 fully saturated rings. The SMILES string of the molecule is O=C(CCCCC(=O)OC#Cc1ccccc1)OC#Cc1ccccc1. The maximum Gasteiger partial charge on any atom is 0.319 e. The molecule has 0 amide bonds. The summed E-state index contributed by atoms with van der Waals surface area (Å²) in [5.74, 6) is 4.65. The predicted octanol–water partition coefficient (Wildman–Crippen LogP) is 3.65. The highest BCUT2D eigenvalue weighted by atomic mass is 16.5. The molecule has 26 heavy (non-hydrogen) atoms. The number of unbranched alkanes of at least 4 members (excludes halogenated alkanes) is 1. The van der Waals surface area contributed by atoms with Crippen LogP contribution in [0.2, 0.25) is 0 Å². The molecule has 2 aromatic rings. The topological polar surface area (TPSA) is 52.6 Å². The monoisotopic (exact) mass is 346 g/mol. The van der Waals surface area contributed by atoms with Gasteiger partial charge in [-0.05, 0) is 48.9 Å². The van der Waals surface area contributed by atoms with Crippen LogP contribution < -0.4 is 0 Å². The molecule has 2 aromatic carbocycles. The van der Waals surface area contributed by atoms with Crippen molar-refractivity contribution in [1.29, 1.82) is 0 Å². The second-order valence-electron chi connectivity index (χ2n) is 5.34. The molecule has 0 aliphatic carbocycles. The summed E-state index contributed by atoms with van der Waals surface area (Å²) in [7, 11) is 0. The van der Waals surface area contributed by atoms with E-state index in [9.17, 15) is 9.59 Å². The first-order chi connectivity index (χ1) is 12.7. The van der Waals surface area contributed by atoms with Crippen LogP contribution in [0.4, 0.5) is 0 Å². The zero-order valence-electron chi connectivity index (χ0n) is 14.2. The molecule has 0 saturated heterocycles. The van der Waals surface area contributed by atoms with Crippen LogP contribution in [-0.4, -0.2) is 11.9 Å². The Kier molecular flexibility index (Phi) is 8.06. The van der Waals surface area contributed by atoms with E-state index in [1.54, 1.807) is 0 Å². The minimum atomic E-state index is -0.411. The van der Waals surface area contributed by atoms with Crippen LogP contribution in [0, 0.1) is 24.1 Å². The van der Waals surface area contributed by atoms with E-state index in [2.05, 4.69) is 24.1 Å². The van der Waals surface area contributed by atoms with E-state index in [1.165, 1.54) is 0 Å². The van der Waals surface area contributed by atoms with Gasteiger partial charge < -0.3 is 9.47 Å². The number of esters is 2. The molecule has 0 atom stereocenters. The van der Waals surface area contributed by atoms with Crippen molar-refractivity contribution in [3.63, 3.8) is 0 Å². The number of hydrogen-bond donors (Lipinski definition) is 0.